The Morgan fingerprint density at radius 1 is 0.722 bits per heavy atom. The van der Waals surface area contributed by atoms with Gasteiger partial charge in [0.05, 0.1) is 0 Å². The number of aromatic nitrogens is 1. The van der Waals surface area contributed by atoms with Crippen LogP contribution in [0.4, 0.5) is 9.59 Å². The summed E-state index contributed by atoms with van der Waals surface area (Å²) in [5, 5.41) is 5.37. The van der Waals surface area contributed by atoms with Gasteiger partial charge in [-0.2, -0.15) is 0 Å². The summed E-state index contributed by atoms with van der Waals surface area (Å²) in [6.07, 6.45) is -1.08. The number of nitrogens with one attached hydrogen (secondary N) is 2. The third-order valence-electron chi connectivity index (χ3n) is 4.77. The van der Waals surface area contributed by atoms with E-state index in [0.29, 0.717) is 24.5 Å². The van der Waals surface area contributed by atoms with E-state index in [2.05, 4.69) is 39.3 Å². The molecule has 2 aromatic carbocycles. The number of nitrogens with zero attached hydrogens (tertiary/aromatic N) is 1. The number of aryl methyl sites for hydroxylation is 2. The van der Waals surface area contributed by atoms with E-state index < -0.39 is 12.2 Å². The minimum Gasteiger partial charge on any atom is -0.436 e. The number of pyridine rings is 1. The molecule has 3 rings (SSSR count). The van der Waals surface area contributed by atoms with E-state index in [4.69, 9.17) is 9.47 Å². The molecule has 0 aliphatic rings. The Morgan fingerprint density at radius 3 is 1.61 bits per heavy atom. The van der Waals surface area contributed by atoms with E-state index in [1.807, 2.05) is 62.4 Å². The van der Waals surface area contributed by atoms with Crippen molar-refractivity contribution in [2.45, 2.75) is 26.9 Å². The van der Waals surface area contributed by atoms with Crippen LogP contribution < -0.4 is 10.6 Å². The lowest BCUT2D eigenvalue weighted by Gasteiger charge is -2.05. The average Bonchev–Trinajstić information content (AvgIpc) is 2.87. The molecule has 0 atom stereocenters. The predicted molar refractivity (Wildman–Crippen MR) is 137 cm³/mol. The second kappa shape index (κ2) is 13.8. The summed E-state index contributed by atoms with van der Waals surface area (Å²) in [7, 11) is 0. The molecule has 7 heteroatoms. The quantitative estimate of drug-likeness (QED) is 0.514. The molecule has 1 aromatic heterocycles. The van der Waals surface area contributed by atoms with Crippen molar-refractivity contribution in [2.75, 3.05) is 13.2 Å². The van der Waals surface area contributed by atoms with Gasteiger partial charge in [0, 0.05) is 13.1 Å². The maximum atomic E-state index is 11.8. The lowest BCUT2D eigenvalue weighted by Crippen LogP contribution is -2.23. The van der Waals surface area contributed by atoms with Gasteiger partial charge in [0.2, 0.25) is 0 Å². The van der Waals surface area contributed by atoms with Gasteiger partial charge in [0.25, 0.3) is 0 Å². The van der Waals surface area contributed by atoms with Crippen molar-refractivity contribution >= 4 is 12.2 Å². The third kappa shape index (κ3) is 9.62. The van der Waals surface area contributed by atoms with E-state index >= 15 is 0 Å². The second-order valence-corrected chi connectivity index (χ2v) is 7.85. The summed E-state index contributed by atoms with van der Waals surface area (Å²) < 4.78 is 10.1. The van der Waals surface area contributed by atoms with Crippen LogP contribution in [-0.2, 0) is 22.6 Å². The fourth-order valence-corrected chi connectivity index (χ4v) is 3.13. The number of carbonyl (C=O) groups excluding carboxylic acids is 2. The predicted octanol–water partition coefficient (Wildman–Crippen LogP) is 4.25. The minimum absolute atomic E-state index is 0.0667. The molecule has 36 heavy (non-hydrogen) atoms. The molecule has 2 N–H and O–H groups in total. The number of amides is 2. The van der Waals surface area contributed by atoms with Crippen LogP contribution in [0.3, 0.4) is 0 Å². The highest BCUT2D eigenvalue weighted by atomic mass is 16.6. The summed E-state index contributed by atoms with van der Waals surface area (Å²) in [6.45, 7) is 4.62. The molecule has 0 fully saturated rings. The van der Waals surface area contributed by atoms with Gasteiger partial charge in [0.15, 0.2) is 13.2 Å². The van der Waals surface area contributed by atoms with Gasteiger partial charge >= 0.3 is 12.2 Å². The second-order valence-electron chi connectivity index (χ2n) is 7.85. The van der Waals surface area contributed by atoms with Crippen molar-refractivity contribution in [3.8, 4) is 23.7 Å². The standard InChI is InChI=1S/C29H27N3O4/c1-22-8-3-10-24(18-22)20-30-28(33)35-16-6-14-26-12-5-13-27(32-26)15-7-17-36-29(34)31-21-25-11-4-9-23(2)19-25/h3-5,8-13,18-19H,16-17,20-21H2,1-2H3,(H,30,33)(H,31,34). The van der Waals surface area contributed by atoms with Crippen LogP contribution in [0.2, 0.25) is 0 Å². The Hall–Kier alpha value is -4.75. The lowest BCUT2D eigenvalue weighted by atomic mass is 10.1. The highest BCUT2D eigenvalue weighted by molar-refractivity contribution is 5.67. The van der Waals surface area contributed by atoms with Gasteiger partial charge in [-0.3, -0.25) is 0 Å². The fourth-order valence-electron chi connectivity index (χ4n) is 3.13. The van der Waals surface area contributed by atoms with Crippen molar-refractivity contribution in [3.63, 3.8) is 0 Å². The number of hydrogen-bond donors (Lipinski definition) is 2. The van der Waals surface area contributed by atoms with Crippen LogP contribution in [0, 0.1) is 37.5 Å². The Labute approximate surface area is 211 Å². The molecule has 7 nitrogen and oxygen atoms in total. The van der Waals surface area contributed by atoms with Crippen molar-refractivity contribution in [3.05, 3.63) is 100 Å². The van der Waals surface area contributed by atoms with Crippen LogP contribution >= 0.6 is 0 Å². The molecule has 0 bridgehead atoms. The van der Waals surface area contributed by atoms with Crippen LogP contribution in [0.25, 0.3) is 0 Å². The first-order valence-corrected chi connectivity index (χ1v) is 11.3. The monoisotopic (exact) mass is 481 g/mol. The summed E-state index contributed by atoms with van der Waals surface area (Å²) >= 11 is 0. The molecule has 0 radical (unpaired) electrons. The first-order chi connectivity index (χ1) is 17.5. The molecule has 0 aliphatic carbocycles. The highest BCUT2D eigenvalue weighted by Crippen LogP contribution is 2.04. The topological polar surface area (TPSA) is 89.5 Å². The molecular weight excluding hydrogens is 454 g/mol. The van der Waals surface area contributed by atoms with Crippen molar-refractivity contribution < 1.29 is 19.1 Å². The number of carbonyl (C=O) groups is 2. The summed E-state index contributed by atoms with van der Waals surface area (Å²) in [6, 6.07) is 20.9. The van der Waals surface area contributed by atoms with Gasteiger partial charge in [-0.25, -0.2) is 14.6 Å². The van der Waals surface area contributed by atoms with E-state index in [-0.39, 0.29) is 13.2 Å². The van der Waals surface area contributed by atoms with E-state index in [0.717, 1.165) is 22.3 Å². The number of hydrogen-bond acceptors (Lipinski definition) is 5. The normalized spacial score (nSPS) is 9.61. The van der Waals surface area contributed by atoms with Gasteiger partial charge in [-0.1, -0.05) is 77.6 Å². The lowest BCUT2D eigenvalue weighted by molar-refractivity contribution is 0.158. The number of ether oxygens (including phenoxy) is 2. The summed E-state index contributed by atoms with van der Waals surface area (Å²) in [4.78, 5) is 27.9. The maximum absolute atomic E-state index is 11.8. The van der Waals surface area contributed by atoms with Crippen LogP contribution in [0.1, 0.15) is 33.6 Å². The first kappa shape index (κ1) is 25.9. The molecule has 0 saturated heterocycles. The first-order valence-electron chi connectivity index (χ1n) is 11.3. The molecule has 0 aliphatic heterocycles. The Bertz CT molecular complexity index is 1230. The maximum Gasteiger partial charge on any atom is 0.408 e. The zero-order chi connectivity index (χ0) is 25.6. The Morgan fingerprint density at radius 2 is 1.17 bits per heavy atom. The van der Waals surface area contributed by atoms with Crippen molar-refractivity contribution in [2.24, 2.45) is 0 Å². The van der Waals surface area contributed by atoms with Crippen molar-refractivity contribution in [1.29, 1.82) is 0 Å². The molecule has 0 spiro atoms. The smallest absolute Gasteiger partial charge is 0.408 e. The van der Waals surface area contributed by atoms with Gasteiger partial charge < -0.3 is 20.1 Å². The van der Waals surface area contributed by atoms with Gasteiger partial charge in [0.1, 0.15) is 11.4 Å². The molecule has 182 valence electrons. The van der Waals surface area contributed by atoms with Gasteiger partial charge in [-0.05, 0) is 48.9 Å². The number of rotatable bonds is 6. The van der Waals surface area contributed by atoms with Crippen LogP contribution in [-0.4, -0.2) is 30.4 Å². The molecule has 2 amide bonds. The van der Waals surface area contributed by atoms with E-state index in [1.165, 1.54) is 0 Å². The zero-order valence-electron chi connectivity index (χ0n) is 20.3. The van der Waals surface area contributed by atoms with Crippen LogP contribution in [0.15, 0.2) is 66.7 Å². The Balaban J connectivity index is 1.37. The molecule has 3 aromatic rings. The van der Waals surface area contributed by atoms with Crippen molar-refractivity contribution in [1.82, 2.24) is 15.6 Å². The van der Waals surface area contributed by atoms with Crippen LogP contribution in [0.5, 0.6) is 0 Å². The summed E-state index contributed by atoms with van der Waals surface area (Å²) in [5.41, 5.74) is 5.21. The van der Waals surface area contributed by atoms with E-state index in [9.17, 15) is 9.59 Å². The number of alkyl carbamates (subject to hydrolysis) is 2. The molecule has 1 heterocycles. The molecule has 0 unspecified atom stereocenters. The number of benzene rings is 2. The fraction of sp³-hybridized carbons (Fsp3) is 0.207. The average molecular weight is 482 g/mol. The van der Waals surface area contributed by atoms with Gasteiger partial charge in [-0.15, -0.1) is 0 Å². The Kier molecular flexibility index (Phi) is 9.94. The molecular formula is C29H27N3O4. The zero-order valence-corrected chi connectivity index (χ0v) is 20.3. The largest absolute Gasteiger partial charge is 0.436 e. The minimum atomic E-state index is -0.540. The SMILES string of the molecule is Cc1cccc(CNC(=O)OCC#Cc2cccc(C#CCOC(=O)NCc3cccc(C)c3)n2)c1. The molecule has 0 saturated carbocycles. The third-order valence-corrected chi connectivity index (χ3v) is 4.77. The highest BCUT2D eigenvalue weighted by Gasteiger charge is 2.02. The van der Waals surface area contributed by atoms with E-state index in [1.54, 1.807) is 18.2 Å². The summed E-state index contributed by atoms with van der Waals surface area (Å²) in [5.74, 6) is 11.2.